The van der Waals surface area contributed by atoms with Crippen LogP contribution in [0.25, 0.3) is 10.9 Å². The first-order valence-electron chi connectivity index (χ1n) is 8.52. The summed E-state index contributed by atoms with van der Waals surface area (Å²) in [7, 11) is 0. The third-order valence-corrected chi connectivity index (χ3v) is 4.13. The highest BCUT2D eigenvalue weighted by Gasteiger charge is 2.31. The van der Waals surface area contributed by atoms with E-state index in [1.807, 2.05) is 51.1 Å². The van der Waals surface area contributed by atoms with Crippen molar-refractivity contribution < 1.29 is 9.53 Å². The number of amides is 1. The quantitative estimate of drug-likeness (QED) is 0.913. The molecule has 0 radical (unpaired) electrons. The number of nitrogens with one attached hydrogen (secondary N) is 1. The number of fused-ring (bicyclic) bond motifs is 1. The van der Waals surface area contributed by atoms with Crippen LogP contribution in [-0.4, -0.2) is 35.8 Å². The maximum Gasteiger partial charge on any atom is 0.415 e. The molecule has 2 heterocycles. The Morgan fingerprint density at radius 1 is 1.21 bits per heavy atom. The molecule has 1 amide bonds. The molecule has 1 aromatic heterocycles. The number of carbonyl (C=O) groups excluding carboxylic acids is 1. The zero-order chi connectivity index (χ0) is 17.2. The Morgan fingerprint density at radius 3 is 2.62 bits per heavy atom. The van der Waals surface area contributed by atoms with Gasteiger partial charge in [0.2, 0.25) is 0 Å². The Balaban J connectivity index is 2.04. The third-order valence-electron chi connectivity index (χ3n) is 4.13. The van der Waals surface area contributed by atoms with E-state index in [0.29, 0.717) is 0 Å². The molecular formula is C19H25N3O2. The lowest BCUT2D eigenvalue weighted by Gasteiger charge is -2.36. The molecule has 0 spiro atoms. The van der Waals surface area contributed by atoms with E-state index < -0.39 is 5.60 Å². The Labute approximate surface area is 143 Å². The van der Waals surface area contributed by atoms with Crippen molar-refractivity contribution in [3.8, 4) is 0 Å². The molecule has 0 atom stereocenters. The van der Waals surface area contributed by atoms with Crippen LogP contribution in [0.15, 0.2) is 36.5 Å². The van der Waals surface area contributed by atoms with Gasteiger partial charge in [-0.05, 0) is 58.8 Å². The van der Waals surface area contributed by atoms with E-state index in [4.69, 9.17) is 4.74 Å². The molecule has 2 aromatic rings. The van der Waals surface area contributed by atoms with Gasteiger partial charge in [0.1, 0.15) is 5.60 Å². The van der Waals surface area contributed by atoms with Crippen LogP contribution in [0.4, 0.5) is 10.5 Å². The highest BCUT2D eigenvalue weighted by atomic mass is 16.6. The predicted molar refractivity (Wildman–Crippen MR) is 96.3 cm³/mol. The second kappa shape index (κ2) is 6.77. The smallest absolute Gasteiger partial charge is 0.415 e. The molecule has 0 bridgehead atoms. The number of para-hydroxylation sites is 1. The minimum atomic E-state index is -0.528. The van der Waals surface area contributed by atoms with Crippen LogP contribution in [0, 0.1) is 0 Å². The summed E-state index contributed by atoms with van der Waals surface area (Å²) in [6.45, 7) is 7.50. The Hall–Kier alpha value is -2.14. The molecule has 0 aliphatic carbocycles. The van der Waals surface area contributed by atoms with Crippen molar-refractivity contribution in [2.75, 3.05) is 18.0 Å². The van der Waals surface area contributed by atoms with E-state index in [-0.39, 0.29) is 12.1 Å². The first kappa shape index (κ1) is 16.7. The number of carbonyl (C=O) groups is 1. The minimum Gasteiger partial charge on any atom is -0.443 e. The van der Waals surface area contributed by atoms with Crippen LogP contribution in [0.3, 0.4) is 0 Å². The van der Waals surface area contributed by atoms with Gasteiger partial charge in [-0.1, -0.05) is 18.2 Å². The Kier molecular flexibility index (Phi) is 4.71. The molecule has 1 aromatic carbocycles. The van der Waals surface area contributed by atoms with Gasteiger partial charge in [0.25, 0.3) is 0 Å². The monoisotopic (exact) mass is 327 g/mol. The zero-order valence-electron chi connectivity index (χ0n) is 14.6. The van der Waals surface area contributed by atoms with Crippen molar-refractivity contribution in [2.45, 2.75) is 45.3 Å². The van der Waals surface area contributed by atoms with Crippen molar-refractivity contribution in [3.63, 3.8) is 0 Å². The third kappa shape index (κ3) is 3.67. The number of hydrogen-bond acceptors (Lipinski definition) is 4. The van der Waals surface area contributed by atoms with Crippen LogP contribution in [0.5, 0.6) is 0 Å². The zero-order valence-corrected chi connectivity index (χ0v) is 14.6. The second-order valence-electron chi connectivity index (χ2n) is 7.18. The molecule has 5 nitrogen and oxygen atoms in total. The van der Waals surface area contributed by atoms with Crippen molar-refractivity contribution in [2.24, 2.45) is 0 Å². The summed E-state index contributed by atoms with van der Waals surface area (Å²) < 4.78 is 5.70. The maximum absolute atomic E-state index is 13.0. The molecule has 1 aliphatic heterocycles. The van der Waals surface area contributed by atoms with E-state index in [9.17, 15) is 4.79 Å². The molecule has 3 rings (SSSR count). The van der Waals surface area contributed by atoms with E-state index in [1.54, 1.807) is 11.1 Å². The fraction of sp³-hybridized carbons (Fsp3) is 0.474. The van der Waals surface area contributed by atoms with Gasteiger partial charge in [-0.25, -0.2) is 4.79 Å². The van der Waals surface area contributed by atoms with Gasteiger partial charge < -0.3 is 10.1 Å². The molecule has 1 fully saturated rings. The Morgan fingerprint density at radius 2 is 1.92 bits per heavy atom. The molecule has 1 aliphatic rings. The molecular weight excluding hydrogens is 302 g/mol. The molecule has 128 valence electrons. The van der Waals surface area contributed by atoms with Gasteiger partial charge in [0, 0.05) is 17.6 Å². The lowest BCUT2D eigenvalue weighted by atomic mass is 10.0. The molecule has 0 saturated carbocycles. The lowest BCUT2D eigenvalue weighted by molar-refractivity contribution is 0.0560. The number of piperidine rings is 1. The van der Waals surface area contributed by atoms with E-state index in [0.717, 1.165) is 42.5 Å². The van der Waals surface area contributed by atoms with Crippen molar-refractivity contribution in [1.82, 2.24) is 10.3 Å². The summed E-state index contributed by atoms with van der Waals surface area (Å²) in [5.74, 6) is 0. The van der Waals surface area contributed by atoms with Gasteiger partial charge >= 0.3 is 6.09 Å². The summed E-state index contributed by atoms with van der Waals surface area (Å²) in [6, 6.07) is 9.99. The molecule has 0 unspecified atom stereocenters. The van der Waals surface area contributed by atoms with Gasteiger partial charge in [-0.3, -0.25) is 9.88 Å². The number of rotatable bonds is 2. The van der Waals surface area contributed by atoms with Gasteiger partial charge in [-0.2, -0.15) is 0 Å². The van der Waals surface area contributed by atoms with Crippen LogP contribution in [0.2, 0.25) is 0 Å². The fourth-order valence-electron chi connectivity index (χ4n) is 3.10. The molecule has 24 heavy (non-hydrogen) atoms. The lowest BCUT2D eigenvalue weighted by Crippen LogP contribution is -2.48. The number of pyridine rings is 1. The molecule has 5 heteroatoms. The summed E-state index contributed by atoms with van der Waals surface area (Å²) in [4.78, 5) is 19.3. The maximum atomic E-state index is 13.0. The number of aromatic nitrogens is 1. The van der Waals surface area contributed by atoms with Crippen LogP contribution in [-0.2, 0) is 4.74 Å². The van der Waals surface area contributed by atoms with Crippen LogP contribution >= 0.6 is 0 Å². The summed E-state index contributed by atoms with van der Waals surface area (Å²) in [5.41, 5.74) is 1.14. The number of nitrogens with zero attached hydrogens (tertiary/aromatic N) is 2. The van der Waals surface area contributed by atoms with Gasteiger partial charge in [0.05, 0.1) is 11.2 Å². The number of hydrogen-bond donors (Lipinski definition) is 1. The Bertz CT molecular complexity index is 713. The van der Waals surface area contributed by atoms with Crippen molar-refractivity contribution in [1.29, 1.82) is 0 Å². The molecule has 1 N–H and O–H groups in total. The van der Waals surface area contributed by atoms with E-state index >= 15 is 0 Å². The summed E-state index contributed by atoms with van der Waals surface area (Å²) in [6.07, 6.45) is 3.28. The predicted octanol–water partition coefficient (Wildman–Crippen LogP) is 3.73. The standard InChI is InChI=1S/C19H25N3O2/c1-19(2,3)24-18(23)22(15-9-12-20-13-10-15)16-8-4-6-14-7-5-11-21-17(14)16/h4-8,11,15,20H,9-10,12-13H2,1-3H3. The largest absolute Gasteiger partial charge is 0.443 e. The highest BCUT2D eigenvalue weighted by Crippen LogP contribution is 2.30. The number of anilines is 1. The highest BCUT2D eigenvalue weighted by molar-refractivity contribution is 5.99. The summed E-state index contributed by atoms with van der Waals surface area (Å²) in [5, 5.41) is 4.38. The fourth-order valence-corrected chi connectivity index (χ4v) is 3.10. The van der Waals surface area contributed by atoms with Crippen LogP contribution < -0.4 is 10.2 Å². The average Bonchev–Trinajstić information content (AvgIpc) is 2.55. The first-order chi connectivity index (χ1) is 11.5. The summed E-state index contributed by atoms with van der Waals surface area (Å²) >= 11 is 0. The van der Waals surface area contributed by atoms with Crippen molar-refractivity contribution in [3.05, 3.63) is 36.5 Å². The van der Waals surface area contributed by atoms with E-state index in [1.165, 1.54) is 0 Å². The number of ether oxygens (including phenoxy) is 1. The minimum absolute atomic E-state index is 0.119. The first-order valence-corrected chi connectivity index (χ1v) is 8.52. The van der Waals surface area contributed by atoms with E-state index in [2.05, 4.69) is 10.3 Å². The normalized spacial score (nSPS) is 16.1. The second-order valence-corrected chi connectivity index (χ2v) is 7.18. The number of benzene rings is 1. The SMILES string of the molecule is CC(C)(C)OC(=O)N(c1cccc2cccnc12)C1CCNCC1. The van der Waals surface area contributed by atoms with Crippen molar-refractivity contribution >= 4 is 22.7 Å². The molecule has 1 saturated heterocycles. The topological polar surface area (TPSA) is 54.5 Å². The van der Waals surface area contributed by atoms with Gasteiger partial charge in [-0.15, -0.1) is 0 Å². The van der Waals surface area contributed by atoms with Gasteiger partial charge in [0.15, 0.2) is 0 Å². The van der Waals surface area contributed by atoms with Crippen LogP contribution in [0.1, 0.15) is 33.6 Å². The average molecular weight is 327 g/mol.